The van der Waals surface area contributed by atoms with E-state index >= 15 is 0 Å². The molecule has 4 nitrogen and oxygen atoms in total. The van der Waals surface area contributed by atoms with Gasteiger partial charge in [0, 0.05) is 12.4 Å². The third kappa shape index (κ3) is 1.53. The number of carboxylic acids is 1. The Labute approximate surface area is 98.5 Å². The van der Waals surface area contributed by atoms with Gasteiger partial charge >= 0.3 is 5.97 Å². The van der Waals surface area contributed by atoms with Gasteiger partial charge < -0.3 is 5.11 Å². The zero-order valence-electron chi connectivity index (χ0n) is 9.21. The predicted octanol–water partition coefficient (Wildman–Crippen LogP) is 1.99. The van der Waals surface area contributed by atoms with Crippen LogP contribution in [0.15, 0.2) is 42.7 Å². The van der Waals surface area contributed by atoms with Gasteiger partial charge in [0.15, 0.2) is 0 Å². The topological polar surface area (TPSA) is 55.1 Å². The molecule has 4 heteroatoms. The first-order valence-corrected chi connectivity index (χ1v) is 5.56. The third-order valence-electron chi connectivity index (χ3n) is 3.35. The molecule has 0 radical (unpaired) electrons. The standard InChI is InChI=1S/C13H12N2O2/c16-12(17)13(6-7-13)10-2-4-11(5-3-10)15-9-1-8-14-15/h1-5,8-9H,6-7H2,(H,16,17). The molecule has 1 heterocycles. The highest BCUT2D eigenvalue weighted by atomic mass is 16.4. The van der Waals surface area contributed by atoms with Crippen molar-refractivity contribution in [2.45, 2.75) is 18.3 Å². The Morgan fingerprint density at radius 2 is 2.00 bits per heavy atom. The third-order valence-corrected chi connectivity index (χ3v) is 3.35. The van der Waals surface area contributed by atoms with Gasteiger partial charge in [-0.3, -0.25) is 4.79 Å². The average Bonchev–Trinajstić information content (AvgIpc) is 2.98. The molecule has 2 aromatic rings. The number of hydrogen-bond donors (Lipinski definition) is 1. The summed E-state index contributed by atoms with van der Waals surface area (Å²) in [6.45, 7) is 0. The quantitative estimate of drug-likeness (QED) is 0.874. The van der Waals surface area contributed by atoms with E-state index in [4.69, 9.17) is 0 Å². The van der Waals surface area contributed by atoms with E-state index in [9.17, 15) is 9.90 Å². The molecule has 0 amide bonds. The van der Waals surface area contributed by atoms with Crippen LogP contribution in [0, 0.1) is 0 Å². The lowest BCUT2D eigenvalue weighted by molar-refractivity contribution is -0.140. The van der Waals surface area contributed by atoms with Crippen molar-refractivity contribution in [3.05, 3.63) is 48.3 Å². The van der Waals surface area contributed by atoms with Crippen LogP contribution in [0.25, 0.3) is 5.69 Å². The first-order valence-electron chi connectivity index (χ1n) is 5.56. The lowest BCUT2D eigenvalue weighted by Crippen LogP contribution is -2.19. The van der Waals surface area contributed by atoms with Crippen LogP contribution < -0.4 is 0 Å². The summed E-state index contributed by atoms with van der Waals surface area (Å²) in [5, 5.41) is 13.3. The van der Waals surface area contributed by atoms with Crippen LogP contribution in [-0.4, -0.2) is 20.9 Å². The highest BCUT2D eigenvalue weighted by molar-refractivity contribution is 5.84. The summed E-state index contributed by atoms with van der Waals surface area (Å²) in [5.74, 6) is -0.718. The Hall–Kier alpha value is -2.10. The molecule has 86 valence electrons. The SMILES string of the molecule is O=C(O)C1(c2ccc(-n3cccn3)cc2)CC1. The Morgan fingerprint density at radius 3 is 2.47 bits per heavy atom. The van der Waals surface area contributed by atoms with Crippen LogP contribution in [-0.2, 0) is 10.2 Å². The van der Waals surface area contributed by atoms with Gasteiger partial charge in [-0.25, -0.2) is 4.68 Å². The molecule has 1 fully saturated rings. The van der Waals surface area contributed by atoms with Crippen molar-refractivity contribution in [2.75, 3.05) is 0 Å². The van der Waals surface area contributed by atoms with Gasteiger partial charge in [0.2, 0.25) is 0 Å². The Kier molecular flexibility index (Phi) is 2.04. The van der Waals surface area contributed by atoms with E-state index in [1.165, 1.54) is 0 Å². The monoisotopic (exact) mass is 228 g/mol. The number of nitrogens with zero attached hydrogens (tertiary/aromatic N) is 2. The molecule has 0 saturated heterocycles. The van der Waals surface area contributed by atoms with Crippen LogP contribution in [0.1, 0.15) is 18.4 Å². The number of rotatable bonds is 3. The lowest BCUT2D eigenvalue weighted by Gasteiger charge is -2.10. The first-order chi connectivity index (χ1) is 8.22. The Morgan fingerprint density at radius 1 is 1.29 bits per heavy atom. The molecule has 3 rings (SSSR count). The first kappa shape index (κ1) is 10.1. The predicted molar refractivity (Wildman–Crippen MR) is 62.1 cm³/mol. The summed E-state index contributed by atoms with van der Waals surface area (Å²) in [7, 11) is 0. The number of carbonyl (C=O) groups is 1. The van der Waals surface area contributed by atoms with Crippen LogP contribution >= 0.6 is 0 Å². The van der Waals surface area contributed by atoms with Crippen LogP contribution in [0.4, 0.5) is 0 Å². The summed E-state index contributed by atoms with van der Waals surface area (Å²) >= 11 is 0. The molecule has 1 aromatic carbocycles. The number of carboxylic acid groups (broad SMARTS) is 1. The summed E-state index contributed by atoms with van der Waals surface area (Å²) in [6, 6.07) is 9.44. The normalized spacial score (nSPS) is 16.7. The minimum Gasteiger partial charge on any atom is -0.481 e. The van der Waals surface area contributed by atoms with Crippen molar-refractivity contribution in [2.24, 2.45) is 0 Å². The largest absolute Gasteiger partial charge is 0.481 e. The van der Waals surface area contributed by atoms with Gasteiger partial charge in [0.1, 0.15) is 0 Å². The van der Waals surface area contributed by atoms with Crippen molar-refractivity contribution in [1.29, 1.82) is 0 Å². The van der Waals surface area contributed by atoms with Crippen LogP contribution in [0.5, 0.6) is 0 Å². The van der Waals surface area contributed by atoms with Crippen molar-refractivity contribution >= 4 is 5.97 Å². The summed E-state index contributed by atoms with van der Waals surface area (Å²) in [4.78, 5) is 11.2. The number of aliphatic carboxylic acids is 1. The van der Waals surface area contributed by atoms with E-state index in [0.29, 0.717) is 0 Å². The lowest BCUT2D eigenvalue weighted by atomic mass is 9.96. The van der Waals surface area contributed by atoms with Crippen LogP contribution in [0.3, 0.4) is 0 Å². The van der Waals surface area contributed by atoms with Gasteiger partial charge in [-0.15, -0.1) is 0 Å². The molecule has 0 atom stereocenters. The summed E-state index contributed by atoms with van der Waals surface area (Å²) in [5.41, 5.74) is 1.21. The number of hydrogen-bond acceptors (Lipinski definition) is 2. The van der Waals surface area contributed by atoms with E-state index in [1.54, 1.807) is 10.9 Å². The molecule has 0 bridgehead atoms. The Bertz CT molecular complexity index is 539. The molecule has 0 unspecified atom stereocenters. The molecule has 1 aliphatic rings. The van der Waals surface area contributed by atoms with Gasteiger partial charge in [-0.1, -0.05) is 12.1 Å². The average molecular weight is 228 g/mol. The number of aromatic nitrogens is 2. The fourth-order valence-electron chi connectivity index (χ4n) is 2.11. The van der Waals surface area contributed by atoms with Crippen molar-refractivity contribution in [1.82, 2.24) is 9.78 Å². The number of benzene rings is 1. The van der Waals surface area contributed by atoms with Crippen molar-refractivity contribution in [3.8, 4) is 5.69 Å². The fourth-order valence-corrected chi connectivity index (χ4v) is 2.11. The molecule has 1 aromatic heterocycles. The molecular weight excluding hydrogens is 216 g/mol. The minimum atomic E-state index is -0.718. The maximum Gasteiger partial charge on any atom is 0.314 e. The van der Waals surface area contributed by atoms with E-state index in [2.05, 4.69) is 5.10 Å². The zero-order valence-corrected chi connectivity index (χ0v) is 9.21. The van der Waals surface area contributed by atoms with Crippen LogP contribution in [0.2, 0.25) is 0 Å². The second kappa shape index (κ2) is 3.45. The molecule has 1 saturated carbocycles. The smallest absolute Gasteiger partial charge is 0.314 e. The molecule has 17 heavy (non-hydrogen) atoms. The van der Waals surface area contributed by atoms with Gasteiger partial charge in [0.05, 0.1) is 11.1 Å². The zero-order chi connectivity index (χ0) is 11.9. The van der Waals surface area contributed by atoms with E-state index in [-0.39, 0.29) is 0 Å². The van der Waals surface area contributed by atoms with Gasteiger partial charge in [-0.05, 0) is 36.6 Å². The molecule has 1 N–H and O–H groups in total. The maximum atomic E-state index is 11.2. The molecule has 0 spiro atoms. The second-order valence-corrected chi connectivity index (χ2v) is 4.38. The molecule has 1 aliphatic carbocycles. The maximum absolute atomic E-state index is 11.2. The van der Waals surface area contributed by atoms with E-state index in [0.717, 1.165) is 24.1 Å². The summed E-state index contributed by atoms with van der Waals surface area (Å²) < 4.78 is 1.75. The minimum absolute atomic E-state index is 0.622. The second-order valence-electron chi connectivity index (χ2n) is 4.38. The highest BCUT2D eigenvalue weighted by Crippen LogP contribution is 2.48. The van der Waals surface area contributed by atoms with Crippen molar-refractivity contribution in [3.63, 3.8) is 0 Å². The van der Waals surface area contributed by atoms with Crippen molar-refractivity contribution < 1.29 is 9.90 Å². The summed E-state index contributed by atoms with van der Waals surface area (Å²) in [6.07, 6.45) is 5.06. The fraction of sp³-hybridized carbons (Fsp3) is 0.231. The highest BCUT2D eigenvalue weighted by Gasteiger charge is 2.51. The molecular formula is C13H12N2O2. The molecule has 0 aliphatic heterocycles. The van der Waals surface area contributed by atoms with E-state index < -0.39 is 11.4 Å². The van der Waals surface area contributed by atoms with E-state index in [1.807, 2.05) is 36.5 Å². The Balaban J connectivity index is 1.94. The van der Waals surface area contributed by atoms with Gasteiger partial charge in [0.25, 0.3) is 0 Å². The van der Waals surface area contributed by atoms with Gasteiger partial charge in [-0.2, -0.15) is 5.10 Å².